The zero-order valence-corrected chi connectivity index (χ0v) is 13.2. The predicted octanol–water partition coefficient (Wildman–Crippen LogP) is 2.03. The number of carbonyl (C=O) groups is 1. The van der Waals surface area contributed by atoms with E-state index in [0.29, 0.717) is 6.04 Å². The van der Waals surface area contributed by atoms with Crippen molar-refractivity contribution < 1.29 is 4.79 Å². The molecule has 0 bridgehead atoms. The molecule has 0 aromatic heterocycles. The Morgan fingerprint density at radius 3 is 2.65 bits per heavy atom. The van der Waals surface area contributed by atoms with E-state index in [-0.39, 0.29) is 5.91 Å². The second-order valence-corrected chi connectivity index (χ2v) is 6.95. The number of amides is 1. The molecule has 1 aliphatic carbocycles. The van der Waals surface area contributed by atoms with E-state index in [9.17, 15) is 4.79 Å². The Labute approximate surface area is 123 Å². The van der Waals surface area contributed by atoms with E-state index in [1.807, 2.05) is 6.92 Å². The minimum atomic E-state index is -0.505. The van der Waals surface area contributed by atoms with Crippen LogP contribution in [0.25, 0.3) is 0 Å². The highest BCUT2D eigenvalue weighted by atomic mass is 16.1. The third-order valence-corrected chi connectivity index (χ3v) is 4.96. The molecule has 0 aromatic carbocycles. The van der Waals surface area contributed by atoms with Crippen molar-refractivity contribution in [3.63, 3.8) is 0 Å². The van der Waals surface area contributed by atoms with Gasteiger partial charge in [0.1, 0.15) is 0 Å². The first-order chi connectivity index (χ1) is 9.51. The van der Waals surface area contributed by atoms with Crippen LogP contribution in [0.3, 0.4) is 0 Å². The maximum Gasteiger partial charge on any atom is 0.237 e. The Bertz CT molecular complexity index is 330. The number of carbonyl (C=O) groups excluding carboxylic acids is 1. The molecule has 1 saturated carbocycles. The van der Waals surface area contributed by atoms with Gasteiger partial charge in [0.2, 0.25) is 5.91 Å². The molecule has 2 rings (SSSR count). The van der Waals surface area contributed by atoms with Gasteiger partial charge in [-0.05, 0) is 71.9 Å². The second-order valence-electron chi connectivity index (χ2n) is 6.95. The highest BCUT2D eigenvalue weighted by Crippen LogP contribution is 2.25. The second kappa shape index (κ2) is 6.90. The van der Waals surface area contributed by atoms with Gasteiger partial charge in [-0.1, -0.05) is 6.42 Å². The molecular weight excluding hydrogens is 250 g/mol. The lowest BCUT2D eigenvalue weighted by molar-refractivity contribution is -0.124. The number of hydrogen-bond donors (Lipinski definition) is 2. The van der Waals surface area contributed by atoms with Gasteiger partial charge in [-0.3, -0.25) is 4.79 Å². The minimum Gasteiger partial charge on any atom is -0.368 e. The van der Waals surface area contributed by atoms with Crippen LogP contribution >= 0.6 is 0 Å². The fourth-order valence-corrected chi connectivity index (χ4v) is 3.23. The van der Waals surface area contributed by atoms with E-state index in [1.54, 1.807) is 0 Å². The summed E-state index contributed by atoms with van der Waals surface area (Å²) < 4.78 is 0. The van der Waals surface area contributed by atoms with Crippen LogP contribution < -0.4 is 11.1 Å². The molecule has 1 heterocycles. The van der Waals surface area contributed by atoms with Crippen molar-refractivity contribution in [1.82, 2.24) is 10.2 Å². The Morgan fingerprint density at radius 1 is 1.30 bits per heavy atom. The van der Waals surface area contributed by atoms with Crippen molar-refractivity contribution in [2.24, 2.45) is 5.73 Å². The third-order valence-electron chi connectivity index (χ3n) is 4.96. The minimum absolute atomic E-state index is 0.198. The fraction of sp³-hybridized carbons (Fsp3) is 0.938. The molecular formula is C16H31N3O. The number of hydrogen-bond acceptors (Lipinski definition) is 3. The molecule has 1 aliphatic heterocycles. The summed E-state index contributed by atoms with van der Waals surface area (Å²) in [5.41, 5.74) is 5.08. The first-order valence-electron chi connectivity index (χ1n) is 8.33. The average Bonchev–Trinajstić information content (AvgIpc) is 3.20. The van der Waals surface area contributed by atoms with Crippen molar-refractivity contribution in [2.45, 2.75) is 82.8 Å². The van der Waals surface area contributed by atoms with Gasteiger partial charge in [-0.25, -0.2) is 0 Å². The maximum absolute atomic E-state index is 11.7. The number of nitrogens with zero attached hydrogens (tertiary/aromatic N) is 1. The van der Waals surface area contributed by atoms with Crippen LogP contribution in [0.4, 0.5) is 0 Å². The molecule has 2 fully saturated rings. The Balaban J connectivity index is 1.68. The summed E-state index contributed by atoms with van der Waals surface area (Å²) in [6, 6.07) is 1.26. The summed E-state index contributed by atoms with van der Waals surface area (Å²) in [6.07, 6.45) is 9.53. The Morgan fingerprint density at radius 2 is 2.05 bits per heavy atom. The lowest BCUT2D eigenvalue weighted by Gasteiger charge is -2.34. The highest BCUT2D eigenvalue weighted by molar-refractivity contribution is 5.84. The number of nitrogens with two attached hydrogens (primary N) is 1. The molecule has 2 aliphatic rings. The molecule has 4 heteroatoms. The van der Waals surface area contributed by atoms with Crippen LogP contribution in [0.5, 0.6) is 0 Å². The number of piperidine rings is 1. The summed E-state index contributed by atoms with van der Waals surface area (Å²) in [4.78, 5) is 14.3. The van der Waals surface area contributed by atoms with Crippen molar-refractivity contribution >= 4 is 5.91 Å². The van der Waals surface area contributed by atoms with E-state index in [2.05, 4.69) is 17.1 Å². The van der Waals surface area contributed by atoms with Crippen LogP contribution in [0, 0.1) is 0 Å². The van der Waals surface area contributed by atoms with Gasteiger partial charge in [0.25, 0.3) is 0 Å². The summed E-state index contributed by atoms with van der Waals surface area (Å²) in [5, 5.41) is 3.43. The van der Waals surface area contributed by atoms with E-state index in [4.69, 9.17) is 5.73 Å². The quantitative estimate of drug-likeness (QED) is 0.669. The van der Waals surface area contributed by atoms with Gasteiger partial charge in [-0.2, -0.15) is 0 Å². The van der Waals surface area contributed by atoms with Crippen molar-refractivity contribution in [1.29, 1.82) is 0 Å². The summed E-state index contributed by atoms with van der Waals surface area (Å²) in [6.45, 7) is 6.71. The molecule has 0 aromatic rings. The van der Waals surface area contributed by atoms with Gasteiger partial charge in [0.05, 0.1) is 5.54 Å². The zero-order valence-electron chi connectivity index (χ0n) is 13.2. The molecule has 2 unspecified atom stereocenters. The standard InChI is InChI=1S/C16H31N3O/c1-13-7-3-5-11-19(13)12-6-4-10-16(2,15(17)20)18-14-8-9-14/h13-14,18H,3-12H2,1-2H3,(H2,17,20). The molecule has 0 radical (unpaired) electrons. The summed E-state index contributed by atoms with van der Waals surface area (Å²) in [7, 11) is 0. The van der Waals surface area contributed by atoms with Crippen LogP contribution in [-0.4, -0.2) is 41.5 Å². The normalized spacial score (nSPS) is 27.2. The van der Waals surface area contributed by atoms with Gasteiger partial charge < -0.3 is 16.0 Å². The smallest absolute Gasteiger partial charge is 0.237 e. The first kappa shape index (κ1) is 15.8. The molecule has 1 saturated heterocycles. The largest absolute Gasteiger partial charge is 0.368 e. The Hall–Kier alpha value is -0.610. The molecule has 4 nitrogen and oxygen atoms in total. The number of primary amides is 1. The molecule has 116 valence electrons. The van der Waals surface area contributed by atoms with Crippen molar-refractivity contribution in [3.05, 3.63) is 0 Å². The first-order valence-corrected chi connectivity index (χ1v) is 8.33. The molecule has 2 atom stereocenters. The summed E-state index contributed by atoms with van der Waals surface area (Å²) in [5.74, 6) is -0.198. The van der Waals surface area contributed by atoms with Gasteiger partial charge in [-0.15, -0.1) is 0 Å². The summed E-state index contributed by atoms with van der Waals surface area (Å²) >= 11 is 0. The van der Waals surface area contributed by atoms with Crippen molar-refractivity contribution in [3.8, 4) is 0 Å². The number of unbranched alkanes of at least 4 members (excludes halogenated alkanes) is 1. The van der Waals surface area contributed by atoms with Crippen molar-refractivity contribution in [2.75, 3.05) is 13.1 Å². The SMILES string of the molecule is CC1CCCCN1CCCCC(C)(NC1CC1)C(N)=O. The third kappa shape index (κ3) is 4.45. The average molecular weight is 281 g/mol. The Kier molecular flexibility index (Phi) is 5.44. The van der Waals surface area contributed by atoms with Crippen LogP contribution in [0.1, 0.15) is 65.2 Å². The van der Waals surface area contributed by atoms with Crippen LogP contribution in [0.15, 0.2) is 0 Å². The number of likely N-dealkylation sites (tertiary alicyclic amines) is 1. The zero-order chi connectivity index (χ0) is 14.6. The monoisotopic (exact) mass is 281 g/mol. The van der Waals surface area contributed by atoms with Gasteiger partial charge in [0.15, 0.2) is 0 Å². The van der Waals surface area contributed by atoms with Gasteiger partial charge >= 0.3 is 0 Å². The molecule has 1 amide bonds. The lowest BCUT2D eigenvalue weighted by Crippen LogP contribution is -2.54. The number of rotatable bonds is 8. The van der Waals surface area contributed by atoms with E-state index >= 15 is 0 Å². The topological polar surface area (TPSA) is 58.4 Å². The molecule has 3 N–H and O–H groups in total. The lowest BCUT2D eigenvalue weighted by atomic mass is 9.93. The molecule has 0 spiro atoms. The highest BCUT2D eigenvalue weighted by Gasteiger charge is 2.36. The van der Waals surface area contributed by atoms with E-state index < -0.39 is 5.54 Å². The molecule has 20 heavy (non-hydrogen) atoms. The van der Waals surface area contributed by atoms with E-state index in [1.165, 1.54) is 51.6 Å². The van der Waals surface area contributed by atoms with Gasteiger partial charge in [0, 0.05) is 12.1 Å². The number of nitrogens with one attached hydrogen (secondary N) is 1. The maximum atomic E-state index is 11.7. The van der Waals surface area contributed by atoms with Crippen LogP contribution in [0.2, 0.25) is 0 Å². The predicted molar refractivity (Wildman–Crippen MR) is 82.5 cm³/mol. The van der Waals surface area contributed by atoms with E-state index in [0.717, 1.165) is 18.9 Å². The fourth-order valence-electron chi connectivity index (χ4n) is 3.23. The van der Waals surface area contributed by atoms with Crippen LogP contribution in [-0.2, 0) is 4.79 Å².